The second-order valence-corrected chi connectivity index (χ2v) is 6.69. The van der Waals surface area contributed by atoms with Crippen LogP contribution in [-0.2, 0) is 6.54 Å². The molecule has 0 aliphatic rings. The van der Waals surface area contributed by atoms with Gasteiger partial charge in [0.15, 0.2) is 11.5 Å². The molecule has 3 rings (SSSR count). The molecule has 0 bridgehead atoms. The van der Waals surface area contributed by atoms with Crippen LogP contribution in [0.25, 0.3) is 0 Å². The van der Waals surface area contributed by atoms with Gasteiger partial charge in [0.05, 0.1) is 34.5 Å². The molecule has 9 nitrogen and oxygen atoms in total. The number of aryl methyl sites for hydroxylation is 1. The monoisotopic (exact) mass is 460 g/mol. The van der Waals surface area contributed by atoms with Crippen molar-refractivity contribution in [3.05, 3.63) is 68.9 Å². The van der Waals surface area contributed by atoms with E-state index in [0.717, 1.165) is 0 Å². The largest absolute Gasteiger partial charge is 0.493 e. The Morgan fingerprint density at radius 2 is 2.00 bits per heavy atom. The molecule has 0 fully saturated rings. The molecule has 0 radical (unpaired) electrons. The molecular formula is C19H17BrN4O5. The van der Waals surface area contributed by atoms with Crippen molar-refractivity contribution < 1.29 is 19.2 Å². The number of amides is 1. The molecule has 29 heavy (non-hydrogen) atoms. The molecule has 0 atom stereocenters. The third-order valence-electron chi connectivity index (χ3n) is 3.97. The number of halogens is 1. The first kappa shape index (κ1) is 20.3. The minimum absolute atomic E-state index is 0.182. The number of benzene rings is 2. The molecule has 0 saturated carbocycles. The first-order valence-corrected chi connectivity index (χ1v) is 9.35. The number of rotatable bonds is 7. The summed E-state index contributed by atoms with van der Waals surface area (Å²) in [5.74, 6) is 0.585. The predicted molar refractivity (Wildman–Crippen MR) is 110 cm³/mol. The maximum absolute atomic E-state index is 12.7. The lowest BCUT2D eigenvalue weighted by molar-refractivity contribution is -0.384. The number of nitro groups is 1. The summed E-state index contributed by atoms with van der Waals surface area (Å²) in [6, 6.07) is 10.9. The Kier molecular flexibility index (Phi) is 6.13. The van der Waals surface area contributed by atoms with Gasteiger partial charge in [0.25, 0.3) is 11.6 Å². The Balaban J connectivity index is 1.94. The van der Waals surface area contributed by atoms with Crippen LogP contribution in [0.2, 0.25) is 0 Å². The van der Waals surface area contributed by atoms with Gasteiger partial charge in [-0.3, -0.25) is 19.6 Å². The zero-order valence-electron chi connectivity index (χ0n) is 15.6. The number of non-ortho nitro benzene ring substituents is 1. The standard InChI is InChI=1S/C19H17BrN4O5/c1-3-23-18(15(20)11-21-23)19(25)22-12-8-13(24(26)27)10-14(9-12)29-17-7-5-4-6-16(17)28-2/h4-11H,3H2,1-2H3,(H,22,25). The highest BCUT2D eigenvalue weighted by Crippen LogP contribution is 2.34. The van der Waals surface area contributed by atoms with Crippen LogP contribution < -0.4 is 14.8 Å². The summed E-state index contributed by atoms with van der Waals surface area (Å²) < 4.78 is 13.0. The van der Waals surface area contributed by atoms with E-state index in [0.29, 0.717) is 28.2 Å². The summed E-state index contributed by atoms with van der Waals surface area (Å²) >= 11 is 3.29. The van der Waals surface area contributed by atoms with Gasteiger partial charge in [-0.1, -0.05) is 12.1 Å². The van der Waals surface area contributed by atoms with E-state index >= 15 is 0 Å². The highest BCUT2D eigenvalue weighted by atomic mass is 79.9. The molecule has 3 aromatic rings. The van der Waals surface area contributed by atoms with Crippen molar-refractivity contribution in [2.45, 2.75) is 13.5 Å². The summed E-state index contributed by atoms with van der Waals surface area (Å²) in [5.41, 5.74) is 0.298. The molecule has 1 aromatic heterocycles. The third-order valence-corrected chi connectivity index (χ3v) is 4.55. The number of anilines is 1. The van der Waals surface area contributed by atoms with Crippen molar-refractivity contribution in [2.75, 3.05) is 12.4 Å². The smallest absolute Gasteiger partial charge is 0.275 e. The Morgan fingerprint density at radius 1 is 1.28 bits per heavy atom. The second-order valence-electron chi connectivity index (χ2n) is 5.84. The molecule has 0 spiro atoms. The Labute approximate surface area is 174 Å². The van der Waals surface area contributed by atoms with Gasteiger partial charge in [0, 0.05) is 18.7 Å². The molecule has 1 heterocycles. The fourth-order valence-electron chi connectivity index (χ4n) is 2.67. The summed E-state index contributed by atoms with van der Waals surface area (Å²) in [6.07, 6.45) is 1.52. The van der Waals surface area contributed by atoms with Gasteiger partial charge in [0.2, 0.25) is 0 Å². The zero-order chi connectivity index (χ0) is 21.0. The number of carbonyl (C=O) groups excluding carboxylic acids is 1. The van der Waals surface area contributed by atoms with Crippen LogP contribution >= 0.6 is 15.9 Å². The minimum Gasteiger partial charge on any atom is -0.493 e. The molecule has 0 aliphatic carbocycles. The lowest BCUT2D eigenvalue weighted by Crippen LogP contribution is -2.18. The van der Waals surface area contributed by atoms with Gasteiger partial charge in [-0.15, -0.1) is 0 Å². The SMILES string of the molecule is CCn1ncc(Br)c1C(=O)Nc1cc(Oc2ccccc2OC)cc([N+](=O)[O-])c1. The van der Waals surface area contributed by atoms with E-state index in [9.17, 15) is 14.9 Å². The summed E-state index contributed by atoms with van der Waals surface area (Å²) in [7, 11) is 1.50. The quantitative estimate of drug-likeness (QED) is 0.406. The second kappa shape index (κ2) is 8.74. The van der Waals surface area contributed by atoms with Crippen LogP contribution in [0.4, 0.5) is 11.4 Å². The molecule has 10 heteroatoms. The van der Waals surface area contributed by atoms with Crippen LogP contribution in [0.1, 0.15) is 17.4 Å². The number of hydrogen-bond acceptors (Lipinski definition) is 6. The van der Waals surface area contributed by atoms with Crippen molar-refractivity contribution in [1.29, 1.82) is 0 Å². The first-order chi connectivity index (χ1) is 13.9. The van der Waals surface area contributed by atoms with Crippen molar-refractivity contribution in [1.82, 2.24) is 9.78 Å². The van der Waals surface area contributed by atoms with E-state index < -0.39 is 10.8 Å². The number of nitrogens with zero attached hydrogens (tertiary/aromatic N) is 3. The molecule has 1 N–H and O–H groups in total. The summed E-state index contributed by atoms with van der Waals surface area (Å²) in [5, 5.41) is 18.1. The zero-order valence-corrected chi connectivity index (χ0v) is 17.2. The van der Waals surface area contributed by atoms with Crippen molar-refractivity contribution in [3.8, 4) is 17.2 Å². The first-order valence-electron chi connectivity index (χ1n) is 8.56. The molecule has 1 amide bonds. The van der Waals surface area contributed by atoms with Gasteiger partial charge >= 0.3 is 0 Å². The van der Waals surface area contributed by atoms with E-state index in [1.807, 2.05) is 6.92 Å². The van der Waals surface area contributed by atoms with Crippen LogP contribution in [-0.4, -0.2) is 27.7 Å². The average molecular weight is 461 g/mol. The Bertz CT molecular complexity index is 1070. The fraction of sp³-hybridized carbons (Fsp3) is 0.158. The molecule has 0 unspecified atom stereocenters. The average Bonchev–Trinajstić information content (AvgIpc) is 3.08. The lowest BCUT2D eigenvalue weighted by atomic mass is 10.2. The maximum atomic E-state index is 12.7. The number of methoxy groups -OCH3 is 1. The number of carbonyl (C=O) groups is 1. The van der Waals surface area contributed by atoms with Crippen LogP contribution in [0.3, 0.4) is 0 Å². The lowest BCUT2D eigenvalue weighted by Gasteiger charge is -2.12. The Hall–Kier alpha value is -3.40. The highest BCUT2D eigenvalue weighted by Gasteiger charge is 2.19. The van der Waals surface area contributed by atoms with Gasteiger partial charge in [-0.25, -0.2) is 0 Å². The van der Waals surface area contributed by atoms with Gasteiger partial charge in [0.1, 0.15) is 11.4 Å². The molecule has 2 aromatic carbocycles. The third kappa shape index (κ3) is 4.54. The number of nitrogens with one attached hydrogen (secondary N) is 1. The number of aromatic nitrogens is 2. The van der Waals surface area contributed by atoms with Crippen molar-refractivity contribution in [3.63, 3.8) is 0 Å². The normalized spacial score (nSPS) is 10.4. The summed E-state index contributed by atoms with van der Waals surface area (Å²) in [6.45, 7) is 2.34. The minimum atomic E-state index is -0.559. The van der Waals surface area contributed by atoms with Crippen LogP contribution in [0.15, 0.2) is 53.1 Å². The van der Waals surface area contributed by atoms with E-state index in [2.05, 4.69) is 26.3 Å². The molecule has 0 saturated heterocycles. The van der Waals surface area contributed by atoms with E-state index in [1.165, 1.54) is 36.2 Å². The maximum Gasteiger partial charge on any atom is 0.275 e. The van der Waals surface area contributed by atoms with Gasteiger partial charge in [-0.2, -0.15) is 5.10 Å². The van der Waals surface area contributed by atoms with Crippen LogP contribution in [0.5, 0.6) is 17.2 Å². The predicted octanol–water partition coefficient (Wildman–Crippen LogP) is 4.63. The summed E-state index contributed by atoms with van der Waals surface area (Å²) in [4.78, 5) is 23.5. The number of para-hydroxylation sites is 2. The van der Waals surface area contributed by atoms with E-state index in [4.69, 9.17) is 9.47 Å². The topological polar surface area (TPSA) is 109 Å². The van der Waals surface area contributed by atoms with Gasteiger partial charge in [-0.05, 0) is 35.0 Å². The number of hydrogen-bond donors (Lipinski definition) is 1. The highest BCUT2D eigenvalue weighted by molar-refractivity contribution is 9.10. The van der Waals surface area contributed by atoms with E-state index in [-0.39, 0.29) is 17.1 Å². The van der Waals surface area contributed by atoms with Crippen molar-refractivity contribution in [2.24, 2.45) is 0 Å². The van der Waals surface area contributed by atoms with Crippen molar-refractivity contribution >= 4 is 33.2 Å². The van der Waals surface area contributed by atoms with E-state index in [1.54, 1.807) is 24.3 Å². The van der Waals surface area contributed by atoms with Crippen LogP contribution in [0, 0.1) is 10.1 Å². The number of ether oxygens (including phenoxy) is 2. The number of nitro benzene ring substituents is 1. The van der Waals surface area contributed by atoms with Gasteiger partial charge < -0.3 is 14.8 Å². The fourth-order valence-corrected chi connectivity index (χ4v) is 3.14. The molecule has 0 aliphatic heterocycles. The Morgan fingerprint density at radius 3 is 2.66 bits per heavy atom. The molecule has 150 valence electrons. The molecular weight excluding hydrogens is 444 g/mol.